The molecule has 0 aromatic heterocycles. The van der Waals surface area contributed by atoms with Crippen LogP contribution in [-0.4, -0.2) is 63.3 Å². The number of hydrogen-bond donors (Lipinski definition) is 0. The summed E-state index contributed by atoms with van der Waals surface area (Å²) in [5.74, 6) is -0.0868. The maximum absolute atomic E-state index is 12.4. The summed E-state index contributed by atoms with van der Waals surface area (Å²) in [4.78, 5) is 41.6. The Balaban J connectivity index is 1.80. The van der Waals surface area contributed by atoms with E-state index in [1.54, 1.807) is 9.80 Å². The number of likely N-dealkylation sites (tertiary alicyclic amines) is 1. The predicted octanol–water partition coefficient (Wildman–Crippen LogP) is 0.812. The van der Waals surface area contributed by atoms with Gasteiger partial charge in [0.15, 0.2) is 0 Å². The van der Waals surface area contributed by atoms with Gasteiger partial charge in [-0.2, -0.15) is 0 Å². The zero-order chi connectivity index (χ0) is 14.7. The Hall–Kier alpha value is -1.59. The number of carbonyl (C=O) groups is 3. The molecule has 6 nitrogen and oxygen atoms in total. The lowest BCUT2D eigenvalue weighted by Crippen LogP contribution is -2.46. The number of nitrogens with zero attached hydrogens (tertiary/aromatic N) is 3. The molecule has 0 saturated carbocycles. The van der Waals surface area contributed by atoms with E-state index in [9.17, 15) is 14.4 Å². The Bertz CT molecular complexity index is 461. The van der Waals surface area contributed by atoms with Crippen LogP contribution in [0.1, 0.15) is 40.0 Å². The van der Waals surface area contributed by atoms with Crippen molar-refractivity contribution in [3.05, 3.63) is 0 Å². The van der Waals surface area contributed by atoms with E-state index < -0.39 is 0 Å². The molecule has 3 rings (SSSR count). The summed E-state index contributed by atoms with van der Waals surface area (Å²) in [6.45, 7) is 7.03. The third-order valence-corrected chi connectivity index (χ3v) is 4.51. The average Bonchev–Trinajstić information content (AvgIpc) is 2.98. The van der Waals surface area contributed by atoms with Gasteiger partial charge in [-0.25, -0.2) is 4.79 Å². The molecular weight excluding hydrogens is 258 g/mol. The van der Waals surface area contributed by atoms with Crippen molar-refractivity contribution in [2.75, 3.05) is 13.1 Å². The molecule has 0 aromatic carbocycles. The van der Waals surface area contributed by atoms with E-state index in [-0.39, 0.29) is 41.9 Å². The molecule has 3 aliphatic heterocycles. The van der Waals surface area contributed by atoms with Crippen molar-refractivity contribution in [1.29, 1.82) is 0 Å². The summed E-state index contributed by atoms with van der Waals surface area (Å²) in [6.07, 6.45) is 1.91. The van der Waals surface area contributed by atoms with E-state index in [1.807, 2.05) is 20.8 Å². The van der Waals surface area contributed by atoms with Gasteiger partial charge in [-0.15, -0.1) is 0 Å². The Morgan fingerprint density at radius 3 is 2.40 bits per heavy atom. The number of amides is 4. The van der Waals surface area contributed by atoms with E-state index in [0.29, 0.717) is 13.1 Å². The first-order valence-electron chi connectivity index (χ1n) is 7.25. The number of fused-ring (bicyclic) bond motifs is 1. The van der Waals surface area contributed by atoms with Crippen molar-refractivity contribution < 1.29 is 14.4 Å². The zero-order valence-corrected chi connectivity index (χ0v) is 12.3. The highest BCUT2D eigenvalue weighted by atomic mass is 16.2. The highest BCUT2D eigenvalue weighted by Crippen LogP contribution is 2.33. The number of urea groups is 1. The lowest BCUT2D eigenvalue weighted by molar-refractivity contribution is -0.131. The topological polar surface area (TPSA) is 60.9 Å². The molecule has 2 atom stereocenters. The fourth-order valence-corrected chi connectivity index (χ4v) is 3.49. The van der Waals surface area contributed by atoms with Crippen LogP contribution >= 0.6 is 0 Å². The molecule has 0 aromatic rings. The van der Waals surface area contributed by atoms with Crippen LogP contribution in [0.5, 0.6) is 0 Å². The summed E-state index contributed by atoms with van der Waals surface area (Å²) in [5, 5.41) is 0. The lowest BCUT2D eigenvalue weighted by Gasteiger charge is -2.32. The second-order valence-electron chi connectivity index (χ2n) is 6.88. The minimum absolute atomic E-state index is 0.0233. The van der Waals surface area contributed by atoms with Crippen LogP contribution in [0.4, 0.5) is 4.79 Å². The number of hydrogen-bond acceptors (Lipinski definition) is 3. The quantitative estimate of drug-likeness (QED) is 0.667. The first kappa shape index (κ1) is 13.4. The smallest absolute Gasteiger partial charge is 0.327 e. The molecule has 6 heteroatoms. The standard InChI is InChI=1S/C14H21N3O3/c1-14(2,3)16-8-9(7-11(16)18)17-12(19)10-5-4-6-15(10)13(17)20/h9-10H,4-8H2,1-3H3/t9-,10-/m0/s1. The minimum atomic E-state index is -0.299. The second-order valence-corrected chi connectivity index (χ2v) is 6.88. The molecule has 0 aliphatic carbocycles. The van der Waals surface area contributed by atoms with Gasteiger partial charge in [-0.05, 0) is 33.6 Å². The molecule has 4 amide bonds. The van der Waals surface area contributed by atoms with Crippen LogP contribution in [0.2, 0.25) is 0 Å². The molecule has 3 saturated heterocycles. The average molecular weight is 279 g/mol. The van der Waals surface area contributed by atoms with Gasteiger partial charge in [-0.3, -0.25) is 14.5 Å². The van der Waals surface area contributed by atoms with Crippen molar-refractivity contribution >= 4 is 17.8 Å². The van der Waals surface area contributed by atoms with Crippen LogP contribution in [0, 0.1) is 0 Å². The Morgan fingerprint density at radius 2 is 1.85 bits per heavy atom. The molecule has 3 fully saturated rings. The molecule has 3 heterocycles. The van der Waals surface area contributed by atoms with Gasteiger partial charge in [0.25, 0.3) is 5.91 Å². The van der Waals surface area contributed by atoms with E-state index in [4.69, 9.17) is 0 Å². The number of carbonyl (C=O) groups excluding carboxylic acids is 3. The molecular formula is C14H21N3O3. The SMILES string of the molecule is CC(C)(C)N1C[C@@H](N2C(=O)[C@@H]3CCCN3C2=O)CC1=O. The van der Waals surface area contributed by atoms with Gasteiger partial charge in [0, 0.05) is 25.0 Å². The van der Waals surface area contributed by atoms with Crippen LogP contribution in [0.25, 0.3) is 0 Å². The number of imide groups is 1. The molecule has 110 valence electrons. The first-order valence-corrected chi connectivity index (χ1v) is 7.25. The fourth-order valence-electron chi connectivity index (χ4n) is 3.49. The van der Waals surface area contributed by atoms with Gasteiger partial charge >= 0.3 is 6.03 Å². The Labute approximate surface area is 118 Å². The van der Waals surface area contributed by atoms with Crippen LogP contribution < -0.4 is 0 Å². The number of rotatable bonds is 1. The monoisotopic (exact) mass is 279 g/mol. The zero-order valence-electron chi connectivity index (χ0n) is 12.3. The molecule has 3 aliphatic rings. The molecule has 0 unspecified atom stereocenters. The van der Waals surface area contributed by atoms with E-state index in [0.717, 1.165) is 12.8 Å². The van der Waals surface area contributed by atoms with Crippen LogP contribution in [-0.2, 0) is 9.59 Å². The highest BCUT2D eigenvalue weighted by molar-refractivity contribution is 6.05. The molecule has 20 heavy (non-hydrogen) atoms. The first-order chi connectivity index (χ1) is 9.30. The maximum Gasteiger partial charge on any atom is 0.327 e. The third kappa shape index (κ3) is 1.81. The van der Waals surface area contributed by atoms with Gasteiger partial charge in [-0.1, -0.05) is 0 Å². The highest BCUT2D eigenvalue weighted by Gasteiger charge is 2.52. The van der Waals surface area contributed by atoms with Gasteiger partial charge in [0.2, 0.25) is 5.91 Å². The summed E-state index contributed by atoms with van der Waals surface area (Å²) >= 11 is 0. The van der Waals surface area contributed by atoms with Crippen molar-refractivity contribution in [3.63, 3.8) is 0 Å². The second kappa shape index (κ2) is 4.20. The largest absolute Gasteiger partial charge is 0.336 e. The molecule has 0 bridgehead atoms. The van der Waals surface area contributed by atoms with Gasteiger partial charge in [0.1, 0.15) is 6.04 Å². The maximum atomic E-state index is 12.4. The van der Waals surface area contributed by atoms with Crippen LogP contribution in [0.3, 0.4) is 0 Å². The molecule has 0 N–H and O–H groups in total. The summed E-state index contributed by atoms with van der Waals surface area (Å²) in [6, 6.07) is -0.778. The van der Waals surface area contributed by atoms with Crippen molar-refractivity contribution in [3.8, 4) is 0 Å². The van der Waals surface area contributed by atoms with Gasteiger partial charge in [0.05, 0.1) is 6.04 Å². The molecule has 0 spiro atoms. The Kier molecular flexibility index (Phi) is 2.81. The fraction of sp³-hybridized carbons (Fsp3) is 0.786. The lowest BCUT2D eigenvalue weighted by atomic mass is 10.1. The summed E-state index contributed by atoms with van der Waals surface area (Å²) < 4.78 is 0. The van der Waals surface area contributed by atoms with Gasteiger partial charge < -0.3 is 9.80 Å². The predicted molar refractivity (Wildman–Crippen MR) is 71.8 cm³/mol. The van der Waals surface area contributed by atoms with Crippen molar-refractivity contribution in [2.45, 2.75) is 57.7 Å². The summed E-state index contributed by atoms with van der Waals surface area (Å²) in [7, 11) is 0. The summed E-state index contributed by atoms with van der Waals surface area (Å²) in [5.41, 5.74) is -0.270. The van der Waals surface area contributed by atoms with Crippen LogP contribution in [0.15, 0.2) is 0 Å². The minimum Gasteiger partial charge on any atom is -0.336 e. The van der Waals surface area contributed by atoms with E-state index in [2.05, 4.69) is 0 Å². The third-order valence-electron chi connectivity index (χ3n) is 4.51. The van der Waals surface area contributed by atoms with Crippen molar-refractivity contribution in [2.24, 2.45) is 0 Å². The molecule has 0 radical (unpaired) electrons. The van der Waals surface area contributed by atoms with E-state index in [1.165, 1.54) is 4.90 Å². The normalized spacial score (nSPS) is 30.8. The Morgan fingerprint density at radius 1 is 1.15 bits per heavy atom. The van der Waals surface area contributed by atoms with Crippen molar-refractivity contribution in [1.82, 2.24) is 14.7 Å². The van der Waals surface area contributed by atoms with E-state index >= 15 is 0 Å².